The van der Waals surface area contributed by atoms with E-state index in [4.69, 9.17) is 15.2 Å². The van der Waals surface area contributed by atoms with Crippen molar-refractivity contribution in [2.75, 3.05) is 7.11 Å². The molecule has 3 rings (SSSR count). The van der Waals surface area contributed by atoms with Crippen LogP contribution in [-0.4, -0.2) is 12.7 Å². The van der Waals surface area contributed by atoms with Crippen molar-refractivity contribution < 1.29 is 9.47 Å². The van der Waals surface area contributed by atoms with E-state index in [1.807, 2.05) is 18.2 Å². The number of hydrogen-bond donors (Lipinski definition) is 1. The monoisotopic (exact) mass is 275 g/mol. The molecule has 110 valence electrons. The summed E-state index contributed by atoms with van der Waals surface area (Å²) in [4.78, 5) is 0. The van der Waals surface area contributed by atoms with E-state index in [0.717, 1.165) is 42.2 Å². The van der Waals surface area contributed by atoms with Crippen LogP contribution in [0.5, 0.6) is 11.5 Å². The van der Waals surface area contributed by atoms with Crippen molar-refractivity contribution in [1.29, 1.82) is 0 Å². The molecular formula is C17H25NO2. The molecular weight excluding hydrogens is 250 g/mol. The van der Waals surface area contributed by atoms with E-state index in [2.05, 4.69) is 13.8 Å². The van der Waals surface area contributed by atoms with Crippen molar-refractivity contribution in [3.8, 4) is 11.5 Å². The Hall–Kier alpha value is -1.22. The number of rotatable bonds is 1. The van der Waals surface area contributed by atoms with Gasteiger partial charge in [-0.25, -0.2) is 0 Å². The predicted molar refractivity (Wildman–Crippen MR) is 80.1 cm³/mol. The van der Waals surface area contributed by atoms with Gasteiger partial charge >= 0.3 is 0 Å². The first-order chi connectivity index (χ1) is 9.53. The summed E-state index contributed by atoms with van der Waals surface area (Å²) in [5, 5.41) is 0. The van der Waals surface area contributed by atoms with Crippen LogP contribution in [0.1, 0.15) is 51.1 Å². The Bertz CT molecular complexity index is 502. The lowest BCUT2D eigenvalue weighted by molar-refractivity contribution is -0.0288. The Labute approximate surface area is 121 Å². The smallest absolute Gasteiger partial charge is 0.128 e. The molecule has 1 heterocycles. The number of benzene rings is 1. The highest BCUT2D eigenvalue weighted by Crippen LogP contribution is 2.48. The normalized spacial score (nSPS) is 36.3. The fraction of sp³-hybridized carbons (Fsp3) is 0.647. The third-order valence-corrected chi connectivity index (χ3v) is 5.26. The molecule has 20 heavy (non-hydrogen) atoms. The van der Waals surface area contributed by atoms with Crippen molar-refractivity contribution in [2.24, 2.45) is 17.6 Å². The maximum absolute atomic E-state index is 6.43. The molecule has 1 aliphatic carbocycles. The Morgan fingerprint density at radius 2 is 2.05 bits per heavy atom. The van der Waals surface area contributed by atoms with Gasteiger partial charge in [-0.1, -0.05) is 19.9 Å². The van der Waals surface area contributed by atoms with Gasteiger partial charge in [-0.3, -0.25) is 0 Å². The van der Waals surface area contributed by atoms with Gasteiger partial charge < -0.3 is 15.2 Å². The van der Waals surface area contributed by atoms with Gasteiger partial charge in [-0.05, 0) is 37.2 Å². The second-order valence-corrected chi connectivity index (χ2v) is 6.70. The summed E-state index contributed by atoms with van der Waals surface area (Å²) < 4.78 is 11.7. The minimum atomic E-state index is -0.0648. The fourth-order valence-electron chi connectivity index (χ4n) is 3.77. The average Bonchev–Trinajstić information content (AvgIpc) is 2.43. The maximum atomic E-state index is 6.43. The Morgan fingerprint density at radius 1 is 1.25 bits per heavy atom. The molecule has 1 aliphatic heterocycles. The highest BCUT2D eigenvalue weighted by molar-refractivity contribution is 5.44. The predicted octanol–water partition coefficient (Wildman–Crippen LogP) is 3.67. The highest BCUT2D eigenvalue weighted by Gasteiger charge is 2.44. The summed E-state index contributed by atoms with van der Waals surface area (Å²) in [7, 11) is 1.69. The summed E-state index contributed by atoms with van der Waals surface area (Å²) in [5.74, 6) is 3.24. The lowest BCUT2D eigenvalue weighted by Gasteiger charge is -2.47. The lowest BCUT2D eigenvalue weighted by atomic mass is 9.69. The Balaban J connectivity index is 1.91. The molecule has 1 spiro atoms. The van der Waals surface area contributed by atoms with Crippen LogP contribution in [0, 0.1) is 11.8 Å². The Kier molecular flexibility index (Phi) is 3.41. The second kappa shape index (κ2) is 4.96. The van der Waals surface area contributed by atoms with Gasteiger partial charge in [0.05, 0.1) is 7.11 Å². The van der Waals surface area contributed by atoms with Crippen LogP contribution >= 0.6 is 0 Å². The van der Waals surface area contributed by atoms with Crippen LogP contribution in [0.25, 0.3) is 0 Å². The number of nitrogens with two attached hydrogens (primary N) is 1. The minimum Gasteiger partial charge on any atom is -0.497 e. The first-order valence-electron chi connectivity index (χ1n) is 7.65. The van der Waals surface area contributed by atoms with Crippen molar-refractivity contribution >= 4 is 0 Å². The van der Waals surface area contributed by atoms with Crippen LogP contribution in [-0.2, 0) is 0 Å². The van der Waals surface area contributed by atoms with Gasteiger partial charge in [-0.2, -0.15) is 0 Å². The zero-order valence-corrected chi connectivity index (χ0v) is 12.7. The summed E-state index contributed by atoms with van der Waals surface area (Å²) in [6, 6.07) is 6.07. The largest absolute Gasteiger partial charge is 0.497 e. The molecule has 0 aromatic heterocycles. The molecule has 0 radical (unpaired) electrons. The van der Waals surface area contributed by atoms with Crippen LogP contribution in [0.4, 0.5) is 0 Å². The van der Waals surface area contributed by atoms with E-state index in [9.17, 15) is 0 Å². The van der Waals surface area contributed by atoms with Crippen LogP contribution < -0.4 is 15.2 Å². The quantitative estimate of drug-likeness (QED) is 0.850. The number of methoxy groups -OCH3 is 1. The molecule has 4 atom stereocenters. The SMILES string of the molecule is COc1ccc2c(c1)OC1(CCC(C)C(C)C1)C[C@H]2N. The van der Waals surface area contributed by atoms with Crippen molar-refractivity contribution in [3.05, 3.63) is 23.8 Å². The zero-order valence-electron chi connectivity index (χ0n) is 12.7. The summed E-state index contributed by atoms with van der Waals surface area (Å²) in [5.41, 5.74) is 7.45. The number of ether oxygens (including phenoxy) is 2. The van der Waals surface area contributed by atoms with E-state index in [1.54, 1.807) is 7.11 Å². The van der Waals surface area contributed by atoms with Gasteiger partial charge in [0.1, 0.15) is 17.1 Å². The molecule has 0 saturated heterocycles. The molecule has 3 heteroatoms. The molecule has 3 nitrogen and oxygen atoms in total. The zero-order chi connectivity index (χ0) is 14.3. The Morgan fingerprint density at radius 3 is 2.75 bits per heavy atom. The molecule has 0 bridgehead atoms. The molecule has 1 saturated carbocycles. The van der Waals surface area contributed by atoms with Gasteiger partial charge in [0.2, 0.25) is 0 Å². The first-order valence-corrected chi connectivity index (χ1v) is 7.65. The third-order valence-electron chi connectivity index (χ3n) is 5.26. The van der Waals surface area contributed by atoms with E-state index in [1.165, 1.54) is 6.42 Å². The van der Waals surface area contributed by atoms with E-state index < -0.39 is 0 Å². The third kappa shape index (κ3) is 2.28. The fourth-order valence-corrected chi connectivity index (χ4v) is 3.77. The molecule has 2 aliphatic rings. The average molecular weight is 275 g/mol. The maximum Gasteiger partial charge on any atom is 0.128 e. The van der Waals surface area contributed by atoms with Crippen LogP contribution in [0.2, 0.25) is 0 Å². The standard InChI is InChI=1S/C17H25NO2/c1-11-6-7-17(9-12(11)2)10-15(18)14-5-4-13(19-3)8-16(14)20-17/h4-5,8,11-12,15H,6-7,9-10,18H2,1-3H3/t11?,12?,15-,17?/m1/s1. The van der Waals surface area contributed by atoms with Gasteiger partial charge in [-0.15, -0.1) is 0 Å². The van der Waals surface area contributed by atoms with E-state index in [-0.39, 0.29) is 11.6 Å². The lowest BCUT2D eigenvalue weighted by Crippen LogP contribution is -2.47. The van der Waals surface area contributed by atoms with Crippen LogP contribution in [0.3, 0.4) is 0 Å². The number of fused-ring (bicyclic) bond motifs is 1. The molecule has 2 N–H and O–H groups in total. The van der Waals surface area contributed by atoms with Gasteiger partial charge in [0, 0.05) is 24.1 Å². The minimum absolute atomic E-state index is 0.0648. The molecule has 0 amide bonds. The van der Waals surface area contributed by atoms with Crippen molar-refractivity contribution in [1.82, 2.24) is 0 Å². The van der Waals surface area contributed by atoms with Crippen molar-refractivity contribution in [3.63, 3.8) is 0 Å². The molecule has 1 fully saturated rings. The van der Waals surface area contributed by atoms with Crippen molar-refractivity contribution in [2.45, 2.75) is 51.2 Å². The van der Waals surface area contributed by atoms with Gasteiger partial charge in [0.25, 0.3) is 0 Å². The van der Waals surface area contributed by atoms with E-state index >= 15 is 0 Å². The second-order valence-electron chi connectivity index (χ2n) is 6.70. The van der Waals surface area contributed by atoms with E-state index in [0.29, 0.717) is 5.92 Å². The topological polar surface area (TPSA) is 44.5 Å². The summed E-state index contributed by atoms with van der Waals surface area (Å²) in [6.45, 7) is 4.68. The van der Waals surface area contributed by atoms with Gasteiger partial charge in [0.15, 0.2) is 0 Å². The summed E-state index contributed by atoms with van der Waals surface area (Å²) in [6.07, 6.45) is 4.39. The highest BCUT2D eigenvalue weighted by atomic mass is 16.5. The van der Waals surface area contributed by atoms with Crippen LogP contribution in [0.15, 0.2) is 18.2 Å². The summed E-state index contributed by atoms with van der Waals surface area (Å²) >= 11 is 0. The molecule has 1 aromatic carbocycles. The first kappa shape index (κ1) is 13.7. The number of hydrogen-bond acceptors (Lipinski definition) is 3. The molecule has 1 aromatic rings. The molecule has 3 unspecified atom stereocenters.